The molecular formula is C8H8BrClN2. The Labute approximate surface area is 84.4 Å². The van der Waals surface area contributed by atoms with E-state index >= 15 is 0 Å². The van der Waals surface area contributed by atoms with Crippen LogP contribution in [0.3, 0.4) is 0 Å². The highest BCUT2D eigenvalue weighted by Gasteiger charge is 1.99. The third kappa shape index (κ3) is 2.50. The van der Waals surface area contributed by atoms with E-state index in [4.69, 9.17) is 22.7 Å². The van der Waals surface area contributed by atoms with E-state index in [9.17, 15) is 0 Å². The second-order valence-corrected chi connectivity index (χ2v) is 3.71. The number of halogens is 2. The van der Waals surface area contributed by atoms with Crippen LogP contribution in [0, 0.1) is 5.41 Å². The van der Waals surface area contributed by atoms with Crippen molar-refractivity contribution in [3.05, 3.63) is 33.3 Å². The smallest absolute Gasteiger partial charge is 0.0950 e. The number of nitrogens with one attached hydrogen (secondary N) is 1. The largest absolute Gasteiger partial charge is 0.387 e. The van der Waals surface area contributed by atoms with Gasteiger partial charge in [0.2, 0.25) is 0 Å². The predicted molar refractivity (Wildman–Crippen MR) is 54.8 cm³/mol. The minimum absolute atomic E-state index is 0.147. The van der Waals surface area contributed by atoms with Crippen LogP contribution >= 0.6 is 27.5 Å². The molecule has 0 bridgehead atoms. The zero-order valence-electron chi connectivity index (χ0n) is 6.27. The molecule has 2 nitrogen and oxygen atoms in total. The van der Waals surface area contributed by atoms with Crippen LogP contribution in [0.2, 0.25) is 5.02 Å². The molecule has 0 heterocycles. The minimum Gasteiger partial charge on any atom is -0.387 e. The van der Waals surface area contributed by atoms with E-state index < -0.39 is 0 Å². The lowest BCUT2D eigenvalue weighted by Crippen LogP contribution is -2.12. The molecule has 0 aromatic heterocycles. The second-order valence-electron chi connectivity index (χ2n) is 2.45. The molecule has 0 saturated carbocycles. The Bertz CT molecular complexity index is 312. The predicted octanol–water partition coefficient (Wildman–Crippen LogP) is 2.58. The van der Waals surface area contributed by atoms with Gasteiger partial charge in [-0.2, -0.15) is 0 Å². The molecule has 0 aliphatic rings. The summed E-state index contributed by atoms with van der Waals surface area (Å²) in [6.45, 7) is 0. The highest BCUT2D eigenvalue weighted by Crippen LogP contribution is 2.23. The summed E-state index contributed by atoms with van der Waals surface area (Å²) < 4.78 is 0.858. The summed E-state index contributed by atoms with van der Waals surface area (Å²) in [5.74, 6) is 0.147. The van der Waals surface area contributed by atoms with Crippen molar-refractivity contribution in [1.29, 1.82) is 5.41 Å². The van der Waals surface area contributed by atoms with Crippen molar-refractivity contribution in [3.8, 4) is 0 Å². The Hall–Kier alpha value is -0.540. The molecule has 0 atom stereocenters. The van der Waals surface area contributed by atoms with Crippen molar-refractivity contribution in [1.82, 2.24) is 0 Å². The molecule has 0 radical (unpaired) electrons. The van der Waals surface area contributed by atoms with E-state index in [0.717, 1.165) is 10.0 Å². The van der Waals surface area contributed by atoms with Gasteiger partial charge < -0.3 is 5.73 Å². The van der Waals surface area contributed by atoms with Gasteiger partial charge in [0.05, 0.1) is 10.9 Å². The molecule has 0 saturated heterocycles. The second kappa shape index (κ2) is 3.92. The van der Waals surface area contributed by atoms with Gasteiger partial charge in [-0.3, -0.25) is 5.41 Å². The minimum atomic E-state index is 0.147. The van der Waals surface area contributed by atoms with E-state index in [2.05, 4.69) is 15.9 Å². The fraction of sp³-hybridized carbons (Fsp3) is 0.125. The van der Waals surface area contributed by atoms with Gasteiger partial charge in [-0.25, -0.2) is 0 Å². The standard InChI is InChI=1S/C8H8BrClN2/c9-6-2-1-5(3-7(6)10)4-8(11)12/h1-3H,4H2,(H3,11,12). The fourth-order valence-electron chi connectivity index (χ4n) is 0.870. The average molecular weight is 248 g/mol. The maximum atomic E-state index is 7.08. The van der Waals surface area contributed by atoms with Crippen molar-refractivity contribution in [3.63, 3.8) is 0 Å². The molecule has 0 spiro atoms. The van der Waals surface area contributed by atoms with Crippen molar-refractivity contribution in [2.75, 3.05) is 0 Å². The summed E-state index contributed by atoms with van der Waals surface area (Å²) in [4.78, 5) is 0. The first-order valence-electron chi connectivity index (χ1n) is 3.36. The Morgan fingerprint density at radius 1 is 1.58 bits per heavy atom. The first kappa shape index (κ1) is 9.55. The van der Waals surface area contributed by atoms with Gasteiger partial charge in [0.25, 0.3) is 0 Å². The molecule has 4 heteroatoms. The van der Waals surface area contributed by atoms with Crippen LogP contribution in [0.25, 0.3) is 0 Å². The van der Waals surface area contributed by atoms with Crippen molar-refractivity contribution in [2.45, 2.75) is 6.42 Å². The van der Waals surface area contributed by atoms with Gasteiger partial charge in [0, 0.05) is 10.9 Å². The molecule has 0 amide bonds. The van der Waals surface area contributed by atoms with Crippen LogP contribution in [0.5, 0.6) is 0 Å². The third-order valence-corrected chi connectivity index (χ3v) is 2.61. The molecule has 1 rings (SSSR count). The normalized spacial score (nSPS) is 9.83. The topological polar surface area (TPSA) is 49.9 Å². The van der Waals surface area contributed by atoms with Crippen molar-refractivity contribution < 1.29 is 0 Å². The number of benzene rings is 1. The van der Waals surface area contributed by atoms with E-state index in [1.54, 1.807) is 6.07 Å². The molecule has 12 heavy (non-hydrogen) atoms. The van der Waals surface area contributed by atoms with Crippen LogP contribution in [-0.2, 0) is 6.42 Å². The van der Waals surface area contributed by atoms with Gasteiger partial charge in [-0.1, -0.05) is 17.7 Å². The zero-order chi connectivity index (χ0) is 9.14. The molecule has 0 aliphatic carbocycles. The lowest BCUT2D eigenvalue weighted by molar-refractivity contribution is 1.24. The number of hydrogen-bond donors (Lipinski definition) is 2. The Morgan fingerprint density at radius 3 is 2.75 bits per heavy atom. The van der Waals surface area contributed by atoms with Gasteiger partial charge in [0.1, 0.15) is 0 Å². The zero-order valence-corrected chi connectivity index (χ0v) is 8.61. The SMILES string of the molecule is N=C(N)Cc1ccc(Br)c(Cl)c1. The fourth-order valence-corrected chi connectivity index (χ4v) is 1.32. The Kier molecular flexibility index (Phi) is 3.12. The molecule has 1 aromatic carbocycles. The molecule has 64 valence electrons. The lowest BCUT2D eigenvalue weighted by atomic mass is 10.1. The number of hydrogen-bond acceptors (Lipinski definition) is 1. The summed E-state index contributed by atoms with van der Waals surface area (Å²) in [6, 6.07) is 5.53. The number of rotatable bonds is 2. The van der Waals surface area contributed by atoms with Gasteiger partial charge in [-0.15, -0.1) is 0 Å². The highest BCUT2D eigenvalue weighted by molar-refractivity contribution is 9.10. The molecule has 0 unspecified atom stereocenters. The summed E-state index contributed by atoms with van der Waals surface area (Å²) in [7, 11) is 0. The van der Waals surface area contributed by atoms with Crippen LogP contribution in [0.1, 0.15) is 5.56 Å². The average Bonchev–Trinajstić information content (AvgIpc) is 1.96. The first-order chi connectivity index (χ1) is 5.59. The van der Waals surface area contributed by atoms with Crippen LogP contribution < -0.4 is 5.73 Å². The van der Waals surface area contributed by atoms with Crippen molar-refractivity contribution in [2.24, 2.45) is 5.73 Å². The number of nitrogens with two attached hydrogens (primary N) is 1. The maximum Gasteiger partial charge on any atom is 0.0950 e. The van der Waals surface area contributed by atoms with E-state index in [1.807, 2.05) is 12.1 Å². The quantitative estimate of drug-likeness (QED) is 0.612. The maximum absolute atomic E-state index is 7.08. The van der Waals surface area contributed by atoms with E-state index in [0.29, 0.717) is 11.4 Å². The van der Waals surface area contributed by atoms with E-state index in [-0.39, 0.29) is 5.84 Å². The molecule has 0 fully saturated rings. The lowest BCUT2D eigenvalue weighted by Gasteiger charge is -2.01. The summed E-state index contributed by atoms with van der Waals surface area (Å²) in [5, 5.41) is 7.73. The van der Waals surface area contributed by atoms with Crippen LogP contribution in [0.4, 0.5) is 0 Å². The van der Waals surface area contributed by atoms with Gasteiger partial charge in [-0.05, 0) is 33.6 Å². The Balaban J connectivity index is 2.89. The van der Waals surface area contributed by atoms with Crippen molar-refractivity contribution >= 4 is 33.4 Å². The Morgan fingerprint density at radius 2 is 2.25 bits per heavy atom. The van der Waals surface area contributed by atoms with Crippen LogP contribution in [0.15, 0.2) is 22.7 Å². The molecule has 3 N–H and O–H groups in total. The molecular weight excluding hydrogens is 239 g/mol. The molecule has 1 aromatic rings. The van der Waals surface area contributed by atoms with Crippen LogP contribution in [-0.4, -0.2) is 5.84 Å². The van der Waals surface area contributed by atoms with Gasteiger partial charge >= 0.3 is 0 Å². The summed E-state index contributed by atoms with van der Waals surface area (Å²) in [5.41, 5.74) is 6.20. The third-order valence-electron chi connectivity index (χ3n) is 1.38. The van der Waals surface area contributed by atoms with E-state index in [1.165, 1.54) is 0 Å². The molecule has 0 aliphatic heterocycles. The highest BCUT2D eigenvalue weighted by atomic mass is 79.9. The monoisotopic (exact) mass is 246 g/mol. The number of amidine groups is 1. The summed E-state index contributed by atoms with van der Waals surface area (Å²) in [6.07, 6.45) is 0.451. The first-order valence-corrected chi connectivity index (χ1v) is 4.53. The summed E-state index contributed by atoms with van der Waals surface area (Å²) >= 11 is 9.12. The van der Waals surface area contributed by atoms with Gasteiger partial charge in [0.15, 0.2) is 0 Å².